The van der Waals surface area contributed by atoms with E-state index in [0.29, 0.717) is 21.8 Å². The van der Waals surface area contributed by atoms with Crippen molar-refractivity contribution in [3.63, 3.8) is 0 Å². The van der Waals surface area contributed by atoms with Gasteiger partial charge in [-0.1, -0.05) is 25.4 Å². The Hall–Kier alpha value is -3.30. The van der Waals surface area contributed by atoms with Gasteiger partial charge in [0.2, 0.25) is 0 Å². The standard InChI is InChI=1S/C23H23ClFN5O3/c1-5-28-21(11-31)27-30(23(28)33)20-8-14-15(7-18(20)25)22(32)29(10-16(14)12(2)3)19-6-13(4)26-9-17(19)24/h6-10,12,31H,5,11H2,1-4H3. The molecule has 0 fully saturated rings. The van der Waals surface area contributed by atoms with Crippen molar-refractivity contribution in [1.82, 2.24) is 23.9 Å². The van der Waals surface area contributed by atoms with Crippen LogP contribution in [0.5, 0.6) is 0 Å². The van der Waals surface area contributed by atoms with Crippen molar-refractivity contribution in [1.29, 1.82) is 0 Å². The van der Waals surface area contributed by atoms with Gasteiger partial charge in [-0.05, 0) is 48.9 Å². The van der Waals surface area contributed by atoms with Crippen LogP contribution in [0.15, 0.2) is 40.2 Å². The van der Waals surface area contributed by atoms with Gasteiger partial charge in [0, 0.05) is 24.6 Å². The van der Waals surface area contributed by atoms with Crippen molar-refractivity contribution in [2.75, 3.05) is 0 Å². The molecule has 0 saturated carbocycles. The van der Waals surface area contributed by atoms with Crippen molar-refractivity contribution in [3.05, 3.63) is 79.4 Å². The van der Waals surface area contributed by atoms with Crippen LogP contribution in [0, 0.1) is 12.7 Å². The van der Waals surface area contributed by atoms with Crippen LogP contribution in [-0.2, 0) is 13.2 Å². The molecule has 0 aliphatic carbocycles. The molecule has 4 rings (SSSR count). The maximum atomic E-state index is 15.3. The number of aromatic nitrogens is 5. The minimum absolute atomic E-state index is 0.0303. The van der Waals surface area contributed by atoms with Crippen LogP contribution in [0.4, 0.5) is 4.39 Å². The number of aliphatic hydroxyl groups is 1. The molecule has 1 N–H and O–H groups in total. The first-order chi connectivity index (χ1) is 15.7. The normalized spacial score (nSPS) is 11.6. The molecule has 0 aliphatic rings. The number of rotatable bonds is 5. The fourth-order valence-electron chi connectivity index (χ4n) is 3.92. The summed E-state index contributed by atoms with van der Waals surface area (Å²) in [6, 6.07) is 4.27. The third-order valence-electron chi connectivity index (χ3n) is 5.59. The third-order valence-corrected chi connectivity index (χ3v) is 5.88. The van der Waals surface area contributed by atoms with Gasteiger partial charge >= 0.3 is 5.69 Å². The zero-order chi connectivity index (χ0) is 24.0. The lowest BCUT2D eigenvalue weighted by Crippen LogP contribution is -2.25. The van der Waals surface area contributed by atoms with Crippen LogP contribution in [0.1, 0.15) is 43.8 Å². The Kier molecular flexibility index (Phi) is 5.94. The molecular formula is C23H23ClFN5O3. The van der Waals surface area contributed by atoms with Gasteiger partial charge < -0.3 is 5.11 Å². The minimum atomic E-state index is -0.781. The van der Waals surface area contributed by atoms with Crippen molar-refractivity contribution in [2.24, 2.45) is 0 Å². The molecule has 0 saturated heterocycles. The molecule has 10 heteroatoms. The summed E-state index contributed by atoms with van der Waals surface area (Å²) in [5.41, 5.74) is 0.786. The van der Waals surface area contributed by atoms with Crippen LogP contribution >= 0.6 is 11.6 Å². The van der Waals surface area contributed by atoms with Crippen molar-refractivity contribution in [2.45, 2.75) is 46.8 Å². The average molecular weight is 472 g/mol. The second-order valence-electron chi connectivity index (χ2n) is 8.05. The summed E-state index contributed by atoms with van der Waals surface area (Å²) in [6.07, 6.45) is 3.15. The second-order valence-corrected chi connectivity index (χ2v) is 8.46. The summed E-state index contributed by atoms with van der Waals surface area (Å²) in [6.45, 7) is 7.24. The van der Waals surface area contributed by atoms with E-state index in [1.165, 1.54) is 21.4 Å². The van der Waals surface area contributed by atoms with Crippen molar-refractivity contribution in [3.8, 4) is 11.4 Å². The highest BCUT2D eigenvalue weighted by atomic mass is 35.5. The number of aryl methyl sites for hydroxylation is 1. The molecule has 0 atom stereocenters. The molecule has 33 heavy (non-hydrogen) atoms. The Morgan fingerprint density at radius 3 is 2.48 bits per heavy atom. The first-order valence-electron chi connectivity index (χ1n) is 10.5. The van der Waals surface area contributed by atoms with E-state index in [9.17, 15) is 14.7 Å². The Morgan fingerprint density at radius 2 is 1.88 bits per heavy atom. The van der Waals surface area contributed by atoms with E-state index < -0.39 is 23.7 Å². The Morgan fingerprint density at radius 1 is 1.15 bits per heavy atom. The second kappa shape index (κ2) is 8.57. The summed E-state index contributed by atoms with van der Waals surface area (Å²) in [5, 5.41) is 14.6. The van der Waals surface area contributed by atoms with E-state index in [-0.39, 0.29) is 29.4 Å². The maximum Gasteiger partial charge on any atom is 0.350 e. The number of hydrogen-bond acceptors (Lipinski definition) is 5. The first-order valence-corrected chi connectivity index (χ1v) is 10.9. The highest BCUT2D eigenvalue weighted by Gasteiger charge is 2.21. The number of halogens is 2. The number of aliphatic hydroxyl groups excluding tert-OH is 1. The molecule has 0 bridgehead atoms. The van der Waals surface area contributed by atoms with Gasteiger partial charge in [-0.25, -0.2) is 9.18 Å². The van der Waals surface area contributed by atoms with E-state index in [4.69, 9.17) is 11.6 Å². The lowest BCUT2D eigenvalue weighted by molar-refractivity contribution is 0.264. The SMILES string of the molecule is CCn1c(CO)nn(-c2cc3c(C(C)C)cn(-c4cc(C)ncc4Cl)c(=O)c3cc2F)c1=O. The Bertz CT molecular complexity index is 1500. The lowest BCUT2D eigenvalue weighted by atomic mass is 9.97. The molecule has 0 radical (unpaired) electrons. The largest absolute Gasteiger partial charge is 0.388 e. The van der Waals surface area contributed by atoms with Gasteiger partial charge in [-0.2, -0.15) is 4.68 Å². The number of fused-ring (bicyclic) bond motifs is 1. The third kappa shape index (κ3) is 3.77. The number of hydrogen-bond donors (Lipinski definition) is 1. The Balaban J connectivity index is 2.06. The summed E-state index contributed by atoms with van der Waals surface area (Å²) >= 11 is 6.32. The maximum absolute atomic E-state index is 15.3. The van der Waals surface area contributed by atoms with E-state index in [1.807, 2.05) is 13.8 Å². The van der Waals surface area contributed by atoms with Gasteiger partial charge in [0.25, 0.3) is 5.56 Å². The highest BCUT2D eigenvalue weighted by molar-refractivity contribution is 6.32. The van der Waals surface area contributed by atoms with Gasteiger partial charge in [0.1, 0.15) is 18.1 Å². The first kappa shape index (κ1) is 22.9. The molecule has 0 unspecified atom stereocenters. The molecule has 0 spiro atoms. The predicted octanol–water partition coefficient (Wildman–Crippen LogP) is 3.47. The molecule has 0 aliphatic heterocycles. The minimum Gasteiger partial charge on any atom is -0.388 e. The molecule has 3 aromatic heterocycles. The molecule has 172 valence electrons. The molecule has 1 aromatic carbocycles. The molecule has 4 aromatic rings. The molecule has 3 heterocycles. The van der Waals surface area contributed by atoms with Crippen molar-refractivity contribution >= 4 is 22.4 Å². The van der Waals surface area contributed by atoms with E-state index in [1.54, 1.807) is 26.1 Å². The summed E-state index contributed by atoms with van der Waals surface area (Å²) < 4.78 is 18.8. The van der Waals surface area contributed by atoms with E-state index in [0.717, 1.165) is 16.3 Å². The van der Waals surface area contributed by atoms with E-state index >= 15 is 4.39 Å². The van der Waals surface area contributed by atoms with Crippen LogP contribution in [-0.4, -0.2) is 29.0 Å². The smallest absolute Gasteiger partial charge is 0.350 e. The van der Waals surface area contributed by atoms with Crippen LogP contribution in [0.3, 0.4) is 0 Å². The van der Waals surface area contributed by atoms with Crippen LogP contribution in [0.2, 0.25) is 5.02 Å². The van der Waals surface area contributed by atoms with Crippen LogP contribution in [0.25, 0.3) is 22.1 Å². The fraction of sp³-hybridized carbons (Fsp3) is 0.304. The fourth-order valence-corrected chi connectivity index (χ4v) is 4.11. The van der Waals surface area contributed by atoms with Gasteiger partial charge in [-0.3, -0.25) is 18.9 Å². The van der Waals surface area contributed by atoms with Gasteiger partial charge in [0.15, 0.2) is 5.82 Å². The lowest BCUT2D eigenvalue weighted by Gasteiger charge is -2.17. The Labute approximate surface area is 193 Å². The van der Waals surface area contributed by atoms with Crippen LogP contribution < -0.4 is 11.2 Å². The summed E-state index contributed by atoms with van der Waals surface area (Å²) in [7, 11) is 0. The quantitative estimate of drug-likeness (QED) is 0.481. The highest BCUT2D eigenvalue weighted by Crippen LogP contribution is 2.29. The van der Waals surface area contributed by atoms with Gasteiger partial charge in [-0.15, -0.1) is 5.10 Å². The molecular weight excluding hydrogens is 449 g/mol. The topological polar surface area (TPSA) is 94.9 Å². The number of nitrogens with zero attached hydrogens (tertiary/aromatic N) is 5. The number of benzene rings is 1. The summed E-state index contributed by atoms with van der Waals surface area (Å²) in [5.74, 6) is -0.683. The molecule has 0 amide bonds. The van der Waals surface area contributed by atoms with Gasteiger partial charge in [0.05, 0.1) is 16.1 Å². The zero-order valence-electron chi connectivity index (χ0n) is 18.6. The predicted molar refractivity (Wildman–Crippen MR) is 124 cm³/mol. The zero-order valence-corrected chi connectivity index (χ0v) is 19.4. The average Bonchev–Trinajstić information content (AvgIpc) is 3.10. The number of pyridine rings is 2. The monoisotopic (exact) mass is 471 g/mol. The summed E-state index contributed by atoms with van der Waals surface area (Å²) in [4.78, 5) is 30.3. The van der Waals surface area contributed by atoms with Crippen molar-refractivity contribution < 1.29 is 9.50 Å². The molecule has 8 nitrogen and oxygen atoms in total. The van der Waals surface area contributed by atoms with E-state index in [2.05, 4.69) is 10.1 Å².